The molecule has 6 nitrogen and oxygen atoms in total. The van der Waals surface area contributed by atoms with Gasteiger partial charge in [0.2, 0.25) is 5.36 Å². The van der Waals surface area contributed by atoms with Gasteiger partial charge in [-0.2, -0.15) is 5.10 Å². The highest BCUT2D eigenvalue weighted by Crippen LogP contribution is 2.21. The third-order valence-corrected chi connectivity index (χ3v) is 5.52. The second-order valence-corrected chi connectivity index (χ2v) is 9.29. The molecule has 0 aliphatic heterocycles. The van der Waals surface area contributed by atoms with Gasteiger partial charge in [-0.15, -0.1) is 0 Å². The number of benzene rings is 3. The Labute approximate surface area is 196 Å². The summed E-state index contributed by atoms with van der Waals surface area (Å²) in [4.78, 5) is 27.5. The predicted molar refractivity (Wildman–Crippen MR) is 133 cm³/mol. The Hall–Kier alpha value is -4.00. The maximum atomic E-state index is 14.9. The van der Waals surface area contributed by atoms with Crippen LogP contribution >= 0.6 is 0 Å². The van der Waals surface area contributed by atoms with E-state index in [1.165, 1.54) is 16.7 Å². The minimum atomic E-state index is -0.704. The van der Waals surface area contributed by atoms with E-state index in [1.54, 1.807) is 53.1 Å². The molecular weight excluding hydrogens is 431 g/mol. The van der Waals surface area contributed by atoms with Crippen LogP contribution in [0.2, 0.25) is 0 Å². The first-order chi connectivity index (χ1) is 16.3. The van der Waals surface area contributed by atoms with Gasteiger partial charge in [-0.1, -0.05) is 63.2 Å². The minimum absolute atomic E-state index is 0.0453. The molecule has 0 saturated heterocycles. The number of fused-ring (bicyclic) bond motifs is 1. The number of aryl methyl sites for hydroxylation is 1. The van der Waals surface area contributed by atoms with Crippen LogP contribution in [-0.4, -0.2) is 9.13 Å². The summed E-state index contributed by atoms with van der Waals surface area (Å²) >= 11 is 0. The molecule has 34 heavy (non-hydrogen) atoms. The molecule has 0 atom stereocenters. The Bertz CT molecular complexity index is 1520. The number of hydrogen-bond acceptors (Lipinski definition) is 4. The molecule has 7 heteroatoms. The predicted octanol–water partition coefficient (Wildman–Crippen LogP) is 4.66. The fourth-order valence-electron chi connectivity index (χ4n) is 3.70. The van der Waals surface area contributed by atoms with Crippen LogP contribution in [0.3, 0.4) is 0 Å². The molecule has 3 aromatic carbocycles. The van der Waals surface area contributed by atoms with Crippen molar-refractivity contribution in [3.8, 4) is 5.69 Å². The summed E-state index contributed by atoms with van der Waals surface area (Å²) < 4.78 is 17.7. The van der Waals surface area contributed by atoms with Crippen LogP contribution in [0, 0.1) is 11.2 Å². The van der Waals surface area contributed by atoms with E-state index in [-0.39, 0.29) is 16.5 Å². The first-order valence-corrected chi connectivity index (χ1v) is 11.1. The average molecular weight is 459 g/mol. The van der Waals surface area contributed by atoms with E-state index < -0.39 is 16.9 Å². The Morgan fingerprint density at radius 2 is 1.44 bits per heavy atom. The molecular formula is C27H27FN4O2. The summed E-state index contributed by atoms with van der Waals surface area (Å²) in [5, 5.41) is 3.90. The smallest absolute Gasteiger partial charge is 0.289 e. The van der Waals surface area contributed by atoms with Crippen LogP contribution in [0.1, 0.15) is 27.2 Å². The number of nitrogens with zero attached hydrogens (tertiary/aromatic N) is 3. The Morgan fingerprint density at radius 3 is 2.12 bits per heavy atom. The van der Waals surface area contributed by atoms with Crippen LogP contribution in [0.15, 0.2) is 93.6 Å². The van der Waals surface area contributed by atoms with Gasteiger partial charge in [-0.25, -0.2) is 4.39 Å². The average Bonchev–Trinajstić information content (AvgIpc) is 2.89. The zero-order chi connectivity index (χ0) is 24.3. The van der Waals surface area contributed by atoms with E-state index in [1.807, 2.05) is 18.2 Å². The lowest BCUT2D eigenvalue weighted by Gasteiger charge is -2.19. The monoisotopic (exact) mass is 458 g/mol. The molecule has 1 N–H and O–H groups in total. The highest BCUT2D eigenvalue weighted by molar-refractivity contribution is 5.76. The number of aromatic nitrogens is 2. The Morgan fingerprint density at radius 1 is 0.824 bits per heavy atom. The zero-order valence-electron chi connectivity index (χ0n) is 19.5. The van der Waals surface area contributed by atoms with Gasteiger partial charge in [-0.05, 0) is 48.2 Å². The summed E-state index contributed by atoms with van der Waals surface area (Å²) in [6, 6.07) is 22.1. The van der Waals surface area contributed by atoms with Crippen molar-refractivity contribution >= 4 is 16.7 Å². The van der Waals surface area contributed by atoms with Crippen molar-refractivity contribution in [1.82, 2.24) is 9.13 Å². The first-order valence-electron chi connectivity index (χ1n) is 11.1. The third kappa shape index (κ3) is 4.83. The summed E-state index contributed by atoms with van der Waals surface area (Å²) in [6.07, 6.45) is 0.695. The van der Waals surface area contributed by atoms with E-state index in [0.29, 0.717) is 29.7 Å². The molecule has 0 aliphatic carbocycles. The fourth-order valence-corrected chi connectivity index (χ4v) is 3.70. The molecule has 0 fully saturated rings. The fraction of sp³-hybridized carbons (Fsp3) is 0.222. The number of hydrogen-bond donors (Lipinski definition) is 1. The van der Waals surface area contributed by atoms with E-state index in [9.17, 15) is 14.0 Å². The van der Waals surface area contributed by atoms with Gasteiger partial charge in [0, 0.05) is 6.54 Å². The van der Waals surface area contributed by atoms with Crippen LogP contribution in [-0.2, 0) is 6.54 Å². The van der Waals surface area contributed by atoms with Gasteiger partial charge in [0.25, 0.3) is 11.1 Å². The molecule has 4 rings (SSSR count). The SMILES string of the molecule is CC(C)(C)CCn1c(=O)/c(=N/Nc2ccccc2)c(=O)n(-c2ccccc2F)c2ccccc21. The van der Waals surface area contributed by atoms with Crippen molar-refractivity contribution in [3.63, 3.8) is 0 Å². The molecule has 0 bridgehead atoms. The van der Waals surface area contributed by atoms with Crippen molar-refractivity contribution in [2.24, 2.45) is 10.5 Å². The Balaban J connectivity index is 2.12. The number of rotatable bonds is 5. The van der Waals surface area contributed by atoms with Gasteiger partial charge in [-0.3, -0.25) is 19.6 Å². The third-order valence-electron chi connectivity index (χ3n) is 5.52. The van der Waals surface area contributed by atoms with E-state index >= 15 is 0 Å². The molecule has 0 saturated carbocycles. The summed E-state index contributed by atoms with van der Waals surface area (Å²) in [7, 11) is 0. The lowest BCUT2D eigenvalue weighted by molar-refractivity contribution is 0.350. The molecule has 1 aromatic heterocycles. The highest BCUT2D eigenvalue weighted by Gasteiger charge is 2.17. The van der Waals surface area contributed by atoms with Crippen LogP contribution < -0.4 is 21.9 Å². The summed E-state index contributed by atoms with van der Waals surface area (Å²) in [6.45, 7) is 6.64. The van der Waals surface area contributed by atoms with E-state index in [2.05, 4.69) is 31.3 Å². The second-order valence-electron chi connectivity index (χ2n) is 9.29. The quantitative estimate of drug-likeness (QED) is 0.443. The van der Waals surface area contributed by atoms with Crippen molar-refractivity contribution in [2.75, 3.05) is 5.43 Å². The number of anilines is 1. The summed E-state index contributed by atoms with van der Waals surface area (Å²) in [5.41, 5.74) is 3.14. The molecule has 0 spiro atoms. The van der Waals surface area contributed by atoms with Gasteiger partial charge in [0.1, 0.15) is 5.82 Å². The second kappa shape index (κ2) is 9.47. The summed E-state index contributed by atoms with van der Waals surface area (Å²) in [5.74, 6) is -0.573. The number of halogens is 1. The van der Waals surface area contributed by atoms with Crippen molar-refractivity contribution in [2.45, 2.75) is 33.7 Å². The van der Waals surface area contributed by atoms with Gasteiger partial charge >= 0.3 is 0 Å². The Kier molecular flexibility index (Phi) is 6.45. The van der Waals surface area contributed by atoms with E-state index in [0.717, 1.165) is 0 Å². The lowest BCUT2D eigenvalue weighted by Crippen LogP contribution is -2.45. The van der Waals surface area contributed by atoms with Gasteiger partial charge in [0.05, 0.1) is 22.4 Å². The largest absolute Gasteiger partial charge is 0.305 e. The maximum absolute atomic E-state index is 14.9. The molecule has 0 radical (unpaired) electrons. The molecule has 0 unspecified atom stereocenters. The lowest BCUT2D eigenvalue weighted by atomic mass is 9.92. The zero-order valence-corrected chi connectivity index (χ0v) is 19.5. The normalized spacial score (nSPS) is 12.2. The van der Waals surface area contributed by atoms with Crippen LogP contribution in [0.25, 0.3) is 16.7 Å². The standard InChI is InChI=1S/C27H27FN4O2/c1-27(2,3)17-18-31-22-15-9-10-16-23(22)32(21-14-8-7-13-20(21)28)26(34)24(25(31)33)30-29-19-11-5-4-6-12-19/h4-16,29H,17-18H2,1-3H3/b30-24-. The molecule has 4 aromatic rings. The van der Waals surface area contributed by atoms with Crippen molar-refractivity contribution in [1.29, 1.82) is 0 Å². The first kappa shape index (κ1) is 23.2. The van der Waals surface area contributed by atoms with Gasteiger partial charge < -0.3 is 4.57 Å². The molecule has 174 valence electrons. The number of nitrogens with one attached hydrogen (secondary N) is 1. The van der Waals surface area contributed by atoms with Crippen LogP contribution in [0.4, 0.5) is 10.1 Å². The van der Waals surface area contributed by atoms with Gasteiger partial charge in [0.15, 0.2) is 0 Å². The van der Waals surface area contributed by atoms with Crippen LogP contribution in [0.5, 0.6) is 0 Å². The highest BCUT2D eigenvalue weighted by atomic mass is 19.1. The molecule has 1 heterocycles. The van der Waals surface area contributed by atoms with Crippen molar-refractivity contribution in [3.05, 3.63) is 111 Å². The van der Waals surface area contributed by atoms with E-state index in [4.69, 9.17) is 0 Å². The molecule has 0 amide bonds. The number of para-hydroxylation sites is 4. The maximum Gasteiger partial charge on any atom is 0.289 e. The topological polar surface area (TPSA) is 68.4 Å². The molecule has 0 aliphatic rings. The van der Waals surface area contributed by atoms with Crippen molar-refractivity contribution < 1.29 is 4.39 Å². The minimum Gasteiger partial charge on any atom is -0.305 e.